The molecule has 27 heavy (non-hydrogen) atoms. The molecule has 0 spiro atoms. The maximum absolute atomic E-state index is 5.69. The molecule has 1 saturated heterocycles. The van der Waals surface area contributed by atoms with Crippen molar-refractivity contribution in [3.05, 3.63) is 41.4 Å². The van der Waals surface area contributed by atoms with Gasteiger partial charge in [0.1, 0.15) is 5.75 Å². The summed E-state index contributed by atoms with van der Waals surface area (Å²) in [5.74, 6) is 1.74. The SMILES string of the molecule is CN=C(NCCCOc1ccccc1)NCCc1csc(N2CCCC2)n1. The van der Waals surface area contributed by atoms with Gasteiger partial charge in [-0.1, -0.05) is 18.2 Å². The highest BCUT2D eigenvalue weighted by Gasteiger charge is 2.15. The van der Waals surface area contributed by atoms with E-state index in [-0.39, 0.29) is 0 Å². The van der Waals surface area contributed by atoms with Gasteiger partial charge in [-0.25, -0.2) is 4.98 Å². The number of rotatable bonds is 9. The van der Waals surface area contributed by atoms with Gasteiger partial charge in [-0.3, -0.25) is 4.99 Å². The summed E-state index contributed by atoms with van der Waals surface area (Å²) >= 11 is 1.76. The Labute approximate surface area is 165 Å². The van der Waals surface area contributed by atoms with Crippen LogP contribution in [0.2, 0.25) is 0 Å². The van der Waals surface area contributed by atoms with Gasteiger partial charge in [-0.2, -0.15) is 0 Å². The Morgan fingerprint density at radius 3 is 2.74 bits per heavy atom. The molecular weight excluding hydrogens is 358 g/mol. The lowest BCUT2D eigenvalue weighted by Crippen LogP contribution is -2.39. The molecule has 0 saturated carbocycles. The van der Waals surface area contributed by atoms with Crippen molar-refractivity contribution in [3.63, 3.8) is 0 Å². The van der Waals surface area contributed by atoms with E-state index in [1.165, 1.54) is 18.0 Å². The Hall–Kier alpha value is -2.28. The molecule has 2 N–H and O–H groups in total. The number of aromatic nitrogens is 1. The molecule has 0 bridgehead atoms. The van der Waals surface area contributed by atoms with E-state index in [9.17, 15) is 0 Å². The van der Waals surface area contributed by atoms with Gasteiger partial charge in [-0.05, 0) is 31.4 Å². The van der Waals surface area contributed by atoms with E-state index in [1.54, 1.807) is 18.4 Å². The Morgan fingerprint density at radius 1 is 1.19 bits per heavy atom. The second-order valence-electron chi connectivity index (χ2n) is 6.51. The maximum Gasteiger partial charge on any atom is 0.190 e. The lowest BCUT2D eigenvalue weighted by molar-refractivity contribution is 0.311. The zero-order valence-corrected chi connectivity index (χ0v) is 16.8. The van der Waals surface area contributed by atoms with Crippen molar-refractivity contribution in [2.75, 3.05) is 44.7 Å². The summed E-state index contributed by atoms with van der Waals surface area (Å²) in [5.41, 5.74) is 1.15. The molecule has 146 valence electrons. The Kier molecular flexibility index (Phi) is 7.77. The summed E-state index contributed by atoms with van der Waals surface area (Å²) in [7, 11) is 1.80. The van der Waals surface area contributed by atoms with Crippen molar-refractivity contribution in [2.45, 2.75) is 25.7 Å². The van der Waals surface area contributed by atoms with Crippen LogP contribution >= 0.6 is 11.3 Å². The smallest absolute Gasteiger partial charge is 0.190 e. The summed E-state index contributed by atoms with van der Waals surface area (Å²) in [5, 5.41) is 10.0. The molecule has 2 aromatic rings. The molecule has 3 rings (SSSR count). The highest BCUT2D eigenvalue weighted by molar-refractivity contribution is 7.13. The van der Waals surface area contributed by atoms with Gasteiger partial charge in [-0.15, -0.1) is 11.3 Å². The molecule has 2 heterocycles. The van der Waals surface area contributed by atoms with Crippen LogP contribution in [-0.2, 0) is 6.42 Å². The molecule has 1 fully saturated rings. The highest BCUT2D eigenvalue weighted by atomic mass is 32.1. The first-order chi connectivity index (χ1) is 13.3. The lowest BCUT2D eigenvalue weighted by Gasteiger charge is -2.13. The van der Waals surface area contributed by atoms with Crippen molar-refractivity contribution in [2.24, 2.45) is 4.99 Å². The van der Waals surface area contributed by atoms with E-state index in [0.717, 1.165) is 56.4 Å². The van der Waals surface area contributed by atoms with Crippen molar-refractivity contribution in [1.29, 1.82) is 0 Å². The summed E-state index contributed by atoms with van der Waals surface area (Å²) in [6.07, 6.45) is 4.40. The average Bonchev–Trinajstić information content (AvgIpc) is 3.39. The number of para-hydroxylation sites is 1. The van der Waals surface area contributed by atoms with Crippen LogP contribution in [-0.4, -0.2) is 50.8 Å². The summed E-state index contributed by atoms with van der Waals surface area (Å²) in [6.45, 7) is 4.63. The number of hydrogen-bond acceptors (Lipinski definition) is 5. The van der Waals surface area contributed by atoms with Crippen LogP contribution in [0.3, 0.4) is 0 Å². The molecule has 0 unspecified atom stereocenters. The molecule has 0 radical (unpaired) electrons. The third-order valence-corrected chi connectivity index (χ3v) is 5.39. The van der Waals surface area contributed by atoms with E-state index in [4.69, 9.17) is 9.72 Å². The zero-order valence-electron chi connectivity index (χ0n) is 16.0. The van der Waals surface area contributed by atoms with Crippen molar-refractivity contribution in [1.82, 2.24) is 15.6 Å². The van der Waals surface area contributed by atoms with Gasteiger partial charge < -0.3 is 20.3 Å². The highest BCUT2D eigenvalue weighted by Crippen LogP contribution is 2.24. The monoisotopic (exact) mass is 387 g/mol. The predicted molar refractivity (Wildman–Crippen MR) is 113 cm³/mol. The number of benzene rings is 1. The number of nitrogens with zero attached hydrogens (tertiary/aromatic N) is 3. The van der Waals surface area contributed by atoms with Gasteiger partial charge in [0.2, 0.25) is 0 Å². The standard InChI is InChI=1S/C20H29N5OS/c1-21-19(22-11-7-15-26-18-8-3-2-4-9-18)23-12-10-17-16-27-20(24-17)25-13-5-6-14-25/h2-4,8-9,16H,5-7,10-15H2,1H3,(H2,21,22,23). The number of nitrogens with one attached hydrogen (secondary N) is 2. The number of guanidine groups is 1. The minimum Gasteiger partial charge on any atom is -0.494 e. The first-order valence-electron chi connectivity index (χ1n) is 9.67. The van der Waals surface area contributed by atoms with E-state index >= 15 is 0 Å². The molecule has 0 atom stereocenters. The van der Waals surface area contributed by atoms with Crippen LogP contribution in [0.1, 0.15) is 25.0 Å². The van der Waals surface area contributed by atoms with Gasteiger partial charge >= 0.3 is 0 Å². The summed E-state index contributed by atoms with van der Waals surface area (Å²) < 4.78 is 5.69. The topological polar surface area (TPSA) is 61.8 Å². The fourth-order valence-electron chi connectivity index (χ4n) is 2.98. The molecule has 1 aromatic heterocycles. The largest absolute Gasteiger partial charge is 0.494 e. The van der Waals surface area contributed by atoms with E-state index in [0.29, 0.717) is 6.61 Å². The Bertz CT molecular complexity index is 697. The van der Waals surface area contributed by atoms with Gasteiger partial charge in [0.25, 0.3) is 0 Å². The second kappa shape index (κ2) is 10.8. The second-order valence-corrected chi connectivity index (χ2v) is 7.34. The Balaban J connectivity index is 1.29. The maximum atomic E-state index is 5.69. The van der Waals surface area contributed by atoms with E-state index < -0.39 is 0 Å². The quantitative estimate of drug-likeness (QED) is 0.394. The molecule has 6 nitrogen and oxygen atoms in total. The van der Waals surface area contributed by atoms with Crippen LogP contribution in [0.4, 0.5) is 5.13 Å². The fraction of sp³-hybridized carbons (Fsp3) is 0.500. The van der Waals surface area contributed by atoms with Crippen molar-refractivity contribution < 1.29 is 4.74 Å². The minimum atomic E-state index is 0.687. The molecular formula is C20H29N5OS. The third-order valence-electron chi connectivity index (χ3n) is 4.44. The summed E-state index contributed by atoms with van der Waals surface area (Å²) in [6, 6.07) is 9.90. The number of hydrogen-bond donors (Lipinski definition) is 2. The van der Waals surface area contributed by atoms with Crippen LogP contribution in [0.5, 0.6) is 5.75 Å². The Morgan fingerprint density at radius 2 is 1.96 bits per heavy atom. The molecule has 7 heteroatoms. The molecule has 0 aliphatic carbocycles. The average molecular weight is 388 g/mol. The van der Waals surface area contributed by atoms with Crippen LogP contribution < -0.4 is 20.3 Å². The summed E-state index contributed by atoms with van der Waals surface area (Å²) in [4.78, 5) is 11.4. The number of anilines is 1. The molecule has 1 aliphatic rings. The zero-order chi connectivity index (χ0) is 18.7. The number of aliphatic imine (C=N–C) groups is 1. The van der Waals surface area contributed by atoms with Crippen molar-refractivity contribution in [3.8, 4) is 5.75 Å². The first kappa shape index (κ1) is 19.5. The van der Waals surface area contributed by atoms with Crippen LogP contribution in [0.15, 0.2) is 40.7 Å². The number of thiazole rings is 1. The fourth-order valence-corrected chi connectivity index (χ4v) is 3.89. The third kappa shape index (κ3) is 6.43. The molecule has 1 aromatic carbocycles. The first-order valence-corrected chi connectivity index (χ1v) is 10.5. The van der Waals surface area contributed by atoms with Crippen LogP contribution in [0.25, 0.3) is 0 Å². The van der Waals surface area contributed by atoms with E-state index in [2.05, 4.69) is 25.9 Å². The normalized spacial score (nSPS) is 14.4. The van der Waals surface area contributed by atoms with Crippen LogP contribution in [0, 0.1) is 0 Å². The molecule has 1 aliphatic heterocycles. The van der Waals surface area contributed by atoms with Gasteiger partial charge in [0.05, 0.1) is 12.3 Å². The minimum absolute atomic E-state index is 0.687. The van der Waals surface area contributed by atoms with Crippen molar-refractivity contribution >= 4 is 22.4 Å². The van der Waals surface area contributed by atoms with Gasteiger partial charge in [0.15, 0.2) is 11.1 Å². The lowest BCUT2D eigenvalue weighted by atomic mass is 10.3. The van der Waals surface area contributed by atoms with Gasteiger partial charge in [0, 0.05) is 45.0 Å². The predicted octanol–water partition coefficient (Wildman–Crippen LogP) is 2.92. The van der Waals surface area contributed by atoms with E-state index in [1.807, 2.05) is 30.3 Å². The molecule has 0 amide bonds. The number of ether oxygens (including phenoxy) is 1.